The summed E-state index contributed by atoms with van der Waals surface area (Å²) in [6, 6.07) is 8.85. The molecule has 0 bridgehead atoms. The number of nitrogens with zero attached hydrogens (tertiary/aromatic N) is 1. The van der Waals surface area contributed by atoms with Gasteiger partial charge >= 0.3 is 0 Å². The van der Waals surface area contributed by atoms with Crippen molar-refractivity contribution in [1.29, 1.82) is 0 Å². The van der Waals surface area contributed by atoms with Crippen LogP contribution in [0.5, 0.6) is 0 Å². The average Bonchev–Trinajstić information content (AvgIpc) is 2.26. The maximum atomic E-state index is 4.76. The van der Waals surface area contributed by atoms with Crippen molar-refractivity contribution in [2.24, 2.45) is 10.9 Å². The number of benzene rings is 1. The van der Waals surface area contributed by atoms with E-state index in [1.165, 1.54) is 29.7 Å². The minimum Gasteiger partial charge on any atom is -0.224 e. The predicted molar refractivity (Wildman–Crippen MR) is 73.3 cm³/mol. The van der Waals surface area contributed by atoms with Gasteiger partial charge in [0, 0.05) is 4.90 Å². The zero-order valence-corrected chi connectivity index (χ0v) is 11.0. The second-order valence-corrected chi connectivity index (χ2v) is 5.20. The van der Waals surface area contributed by atoms with Crippen LogP contribution in [-0.4, -0.2) is 11.4 Å². The van der Waals surface area contributed by atoms with Crippen molar-refractivity contribution in [1.82, 2.24) is 0 Å². The van der Waals surface area contributed by atoms with Gasteiger partial charge in [-0.3, -0.25) is 0 Å². The summed E-state index contributed by atoms with van der Waals surface area (Å²) >= 11 is 6.53. The first kappa shape index (κ1) is 11.8. The maximum Gasteiger partial charge on any atom is 0.0880 e. The third kappa shape index (κ3) is 2.54. The molecule has 0 N–H and O–H groups in total. The third-order valence-corrected chi connectivity index (χ3v) is 4.05. The van der Waals surface area contributed by atoms with Crippen LogP contribution in [0.4, 0.5) is 0 Å². The summed E-state index contributed by atoms with van der Waals surface area (Å²) in [5.74, 6) is 0.674. The van der Waals surface area contributed by atoms with E-state index in [0.717, 1.165) is 0 Å². The lowest BCUT2D eigenvalue weighted by Gasteiger charge is -2.30. The molecule has 0 amide bonds. The van der Waals surface area contributed by atoms with Gasteiger partial charge in [-0.2, -0.15) is 0 Å². The number of hydrogen-bond donors (Lipinski definition) is 0. The lowest BCUT2D eigenvalue weighted by atomic mass is 9.77. The van der Waals surface area contributed by atoms with Crippen molar-refractivity contribution in [3.8, 4) is 0 Å². The minimum absolute atomic E-state index is 0.235. The zero-order valence-electron chi connectivity index (χ0n) is 9.35. The number of aliphatic imine (C=N–C) groups is 1. The van der Waals surface area contributed by atoms with E-state index in [-0.39, 0.29) is 6.04 Å². The molecule has 1 fully saturated rings. The Hall–Kier alpha value is -0.630. The van der Waals surface area contributed by atoms with Gasteiger partial charge < -0.3 is 0 Å². The van der Waals surface area contributed by atoms with E-state index >= 15 is 0 Å². The Morgan fingerprint density at radius 1 is 1.50 bits per heavy atom. The Labute approximate surface area is 106 Å². The SMILES string of the molecule is CSc1cccc(C(N=C=S)C2CCC2)c1. The molecule has 1 aliphatic carbocycles. The van der Waals surface area contributed by atoms with Gasteiger partial charge in [-0.25, -0.2) is 4.99 Å². The van der Waals surface area contributed by atoms with E-state index in [9.17, 15) is 0 Å². The summed E-state index contributed by atoms with van der Waals surface area (Å²) in [4.78, 5) is 5.64. The molecule has 0 spiro atoms. The van der Waals surface area contributed by atoms with E-state index in [1.54, 1.807) is 11.8 Å². The monoisotopic (exact) mass is 249 g/mol. The summed E-state index contributed by atoms with van der Waals surface area (Å²) in [6.07, 6.45) is 5.97. The average molecular weight is 249 g/mol. The van der Waals surface area contributed by atoms with Crippen molar-refractivity contribution < 1.29 is 0 Å². The fourth-order valence-electron chi connectivity index (χ4n) is 2.09. The number of hydrogen-bond acceptors (Lipinski definition) is 3. The summed E-state index contributed by atoms with van der Waals surface area (Å²) in [7, 11) is 0. The largest absolute Gasteiger partial charge is 0.224 e. The molecule has 0 radical (unpaired) electrons. The van der Waals surface area contributed by atoms with Crippen LogP contribution in [0.1, 0.15) is 30.9 Å². The van der Waals surface area contributed by atoms with Crippen LogP contribution < -0.4 is 0 Å². The highest BCUT2D eigenvalue weighted by Crippen LogP contribution is 2.40. The normalized spacial score (nSPS) is 17.3. The molecular formula is C13H15NS2. The van der Waals surface area contributed by atoms with Crippen molar-refractivity contribution in [2.45, 2.75) is 30.2 Å². The van der Waals surface area contributed by atoms with Crippen LogP contribution >= 0.6 is 24.0 Å². The zero-order chi connectivity index (χ0) is 11.4. The number of isothiocyanates is 1. The van der Waals surface area contributed by atoms with Crippen LogP contribution in [0.25, 0.3) is 0 Å². The summed E-state index contributed by atoms with van der Waals surface area (Å²) in [5.41, 5.74) is 1.29. The molecule has 1 aromatic carbocycles. The molecule has 16 heavy (non-hydrogen) atoms. The van der Waals surface area contributed by atoms with Crippen LogP contribution in [0, 0.1) is 5.92 Å². The Morgan fingerprint density at radius 2 is 2.31 bits per heavy atom. The molecule has 1 aliphatic rings. The fraction of sp³-hybridized carbons (Fsp3) is 0.462. The number of rotatable bonds is 4. The lowest BCUT2D eigenvalue weighted by molar-refractivity contribution is 0.266. The molecule has 1 aromatic rings. The summed E-state index contributed by atoms with van der Waals surface area (Å²) < 4.78 is 0. The Bertz CT molecular complexity index is 406. The standard InChI is InChI=1S/C13H15NS2/c1-16-12-7-3-6-11(8-12)13(14-9-15)10-4-2-5-10/h3,6-8,10,13H,2,4-5H2,1H3. The van der Waals surface area contributed by atoms with Crippen molar-refractivity contribution in [3.63, 3.8) is 0 Å². The first-order valence-electron chi connectivity index (χ1n) is 5.56. The smallest absolute Gasteiger partial charge is 0.0880 e. The second kappa shape index (κ2) is 5.62. The summed E-state index contributed by atoms with van der Waals surface area (Å²) in [6.45, 7) is 0. The van der Waals surface area contributed by atoms with Crippen molar-refractivity contribution in [2.75, 3.05) is 6.26 Å². The van der Waals surface area contributed by atoms with E-state index in [2.05, 4.69) is 40.7 Å². The molecule has 1 saturated carbocycles. The topological polar surface area (TPSA) is 12.4 Å². The quantitative estimate of drug-likeness (QED) is 0.447. The molecule has 0 saturated heterocycles. The molecular weight excluding hydrogens is 234 g/mol. The Balaban J connectivity index is 2.26. The first-order valence-corrected chi connectivity index (χ1v) is 7.19. The molecule has 0 aromatic heterocycles. The molecule has 84 valence electrons. The highest BCUT2D eigenvalue weighted by molar-refractivity contribution is 7.98. The van der Waals surface area contributed by atoms with Crippen molar-refractivity contribution in [3.05, 3.63) is 29.8 Å². The second-order valence-electron chi connectivity index (χ2n) is 4.13. The van der Waals surface area contributed by atoms with Gasteiger partial charge in [0.2, 0.25) is 0 Å². The molecule has 1 nitrogen and oxygen atoms in total. The van der Waals surface area contributed by atoms with E-state index < -0.39 is 0 Å². The molecule has 3 heteroatoms. The van der Waals surface area contributed by atoms with E-state index in [1.807, 2.05) is 0 Å². The third-order valence-electron chi connectivity index (χ3n) is 3.22. The minimum atomic E-state index is 0.235. The molecule has 1 unspecified atom stereocenters. The van der Waals surface area contributed by atoms with Gasteiger partial charge in [0.15, 0.2) is 0 Å². The fourth-order valence-corrected chi connectivity index (χ4v) is 2.67. The van der Waals surface area contributed by atoms with Gasteiger partial charge in [-0.15, -0.1) is 11.8 Å². The Morgan fingerprint density at radius 3 is 2.88 bits per heavy atom. The van der Waals surface area contributed by atoms with Gasteiger partial charge in [0.1, 0.15) is 0 Å². The Kier molecular flexibility index (Phi) is 4.16. The van der Waals surface area contributed by atoms with E-state index in [0.29, 0.717) is 5.92 Å². The van der Waals surface area contributed by atoms with Gasteiger partial charge in [0.05, 0.1) is 11.2 Å². The lowest BCUT2D eigenvalue weighted by Crippen LogP contribution is -2.18. The van der Waals surface area contributed by atoms with Gasteiger partial charge in [-0.1, -0.05) is 18.6 Å². The number of thiocarbonyl (C=S) groups is 1. The highest BCUT2D eigenvalue weighted by Gasteiger charge is 2.28. The van der Waals surface area contributed by atoms with E-state index in [4.69, 9.17) is 12.2 Å². The predicted octanol–water partition coefficient (Wildman–Crippen LogP) is 4.35. The molecule has 0 heterocycles. The van der Waals surface area contributed by atoms with Crippen LogP contribution in [0.15, 0.2) is 34.2 Å². The molecule has 0 aliphatic heterocycles. The number of thioether (sulfide) groups is 1. The van der Waals surface area contributed by atoms with Crippen molar-refractivity contribution >= 4 is 29.1 Å². The van der Waals surface area contributed by atoms with Gasteiger partial charge in [-0.05, 0) is 54.9 Å². The van der Waals surface area contributed by atoms with Gasteiger partial charge in [0.25, 0.3) is 0 Å². The summed E-state index contributed by atoms with van der Waals surface area (Å²) in [5, 5.41) is 2.55. The first-order chi connectivity index (χ1) is 7.85. The van der Waals surface area contributed by atoms with Crippen LogP contribution in [0.2, 0.25) is 0 Å². The molecule has 2 rings (SSSR count). The van der Waals surface area contributed by atoms with Crippen LogP contribution in [-0.2, 0) is 0 Å². The maximum absolute atomic E-state index is 4.76. The highest BCUT2D eigenvalue weighted by atomic mass is 32.2. The molecule has 1 atom stereocenters. The van der Waals surface area contributed by atoms with Crippen LogP contribution in [0.3, 0.4) is 0 Å².